The van der Waals surface area contributed by atoms with Crippen LogP contribution >= 0.6 is 12.6 Å². The van der Waals surface area contributed by atoms with E-state index in [4.69, 9.17) is 12.6 Å². The third kappa shape index (κ3) is 19.1. The van der Waals surface area contributed by atoms with Crippen LogP contribution < -0.4 is 0 Å². The summed E-state index contributed by atoms with van der Waals surface area (Å²) in [7, 11) is 0. The Morgan fingerprint density at radius 3 is 1.12 bits per heavy atom. The lowest BCUT2D eigenvalue weighted by Crippen LogP contribution is -1.90. The van der Waals surface area contributed by atoms with Crippen molar-refractivity contribution in [2.24, 2.45) is 0 Å². The minimum atomic E-state index is 0.418. The Bertz CT molecular complexity index is 469. The van der Waals surface area contributed by atoms with Gasteiger partial charge in [-0.2, -0.15) is 12.6 Å². The molecule has 0 saturated carbocycles. The topological polar surface area (TPSA) is 0 Å². The van der Waals surface area contributed by atoms with Crippen molar-refractivity contribution in [1.82, 2.24) is 0 Å². The van der Waals surface area contributed by atoms with Gasteiger partial charge in [-0.15, -0.1) is 0 Å². The van der Waals surface area contributed by atoms with Crippen LogP contribution in [0.25, 0.3) is 0 Å². The fourth-order valence-electron chi connectivity index (χ4n) is 4.79. The van der Waals surface area contributed by atoms with Crippen LogP contribution in [0.3, 0.4) is 0 Å². The zero-order chi connectivity index (χ0) is 23.0. The van der Waals surface area contributed by atoms with Gasteiger partial charge in [-0.3, -0.25) is 0 Å². The molecule has 0 heterocycles. The average Bonchev–Trinajstić information content (AvgIpc) is 2.82. The van der Waals surface area contributed by atoms with E-state index in [9.17, 15) is 0 Å². The second-order valence-corrected chi connectivity index (χ2v) is 10.8. The van der Waals surface area contributed by atoms with Gasteiger partial charge in [0.05, 0.1) is 0 Å². The van der Waals surface area contributed by atoms with Crippen LogP contribution in [-0.2, 0) is 0 Å². The van der Waals surface area contributed by atoms with Gasteiger partial charge in [0.2, 0.25) is 0 Å². The number of thiol groups is 1. The monoisotopic (exact) mass is 460 g/mol. The van der Waals surface area contributed by atoms with E-state index < -0.39 is 0 Å². The lowest BCUT2D eigenvalue weighted by atomic mass is 10.0. The van der Waals surface area contributed by atoms with Crippen molar-refractivity contribution in [3.05, 3.63) is 35.9 Å². The molecule has 0 radical (unpaired) electrons. The molecule has 0 aliphatic heterocycles. The van der Waals surface area contributed by atoms with Gasteiger partial charge >= 0.3 is 0 Å². The molecule has 0 N–H and O–H groups in total. The normalized spacial score (nSPS) is 12.3. The molecule has 0 amide bonds. The van der Waals surface area contributed by atoms with Gasteiger partial charge in [0.1, 0.15) is 0 Å². The first-order chi connectivity index (χ1) is 15.8. The first-order valence-corrected chi connectivity index (χ1v) is 15.1. The van der Waals surface area contributed by atoms with Gasteiger partial charge in [0, 0.05) is 5.25 Å². The van der Waals surface area contributed by atoms with Crippen LogP contribution in [0, 0.1) is 0 Å². The minimum Gasteiger partial charge on any atom is -0.171 e. The van der Waals surface area contributed by atoms with Gasteiger partial charge in [-0.1, -0.05) is 179 Å². The van der Waals surface area contributed by atoms with Crippen LogP contribution in [-0.4, -0.2) is 0 Å². The average molecular weight is 461 g/mol. The van der Waals surface area contributed by atoms with Gasteiger partial charge in [0.15, 0.2) is 0 Å². The van der Waals surface area contributed by atoms with E-state index in [0.717, 1.165) is 0 Å². The van der Waals surface area contributed by atoms with Crippen LogP contribution in [0.15, 0.2) is 30.3 Å². The van der Waals surface area contributed by atoms with Crippen LogP contribution in [0.4, 0.5) is 0 Å². The number of unbranched alkanes of at least 4 members (excludes halogenated alkanes) is 21. The van der Waals surface area contributed by atoms with E-state index in [1.165, 1.54) is 153 Å². The van der Waals surface area contributed by atoms with Crippen LogP contribution in [0.2, 0.25) is 0 Å². The molecule has 0 aromatic heterocycles. The van der Waals surface area contributed by atoms with Crippen molar-refractivity contribution < 1.29 is 0 Å². The van der Waals surface area contributed by atoms with E-state index in [2.05, 4.69) is 37.3 Å². The van der Waals surface area contributed by atoms with E-state index in [0.29, 0.717) is 5.25 Å². The predicted molar refractivity (Wildman–Crippen MR) is 150 cm³/mol. The molecule has 32 heavy (non-hydrogen) atoms. The summed E-state index contributed by atoms with van der Waals surface area (Å²) in [6, 6.07) is 10.7. The van der Waals surface area contributed by atoms with E-state index in [1.54, 1.807) is 0 Å². The molecule has 0 fully saturated rings. The third-order valence-corrected chi connectivity index (χ3v) is 7.57. The zero-order valence-corrected chi connectivity index (χ0v) is 22.6. The largest absolute Gasteiger partial charge is 0.171 e. The maximum atomic E-state index is 4.77. The highest BCUT2D eigenvalue weighted by atomic mass is 32.1. The summed E-state index contributed by atoms with van der Waals surface area (Å²) >= 11 is 4.77. The van der Waals surface area contributed by atoms with Crippen molar-refractivity contribution in [2.45, 2.75) is 160 Å². The Kier molecular flexibility index (Phi) is 21.9. The summed E-state index contributed by atoms with van der Waals surface area (Å²) in [5.74, 6) is 0. The minimum absolute atomic E-state index is 0.418. The molecule has 0 aliphatic carbocycles. The maximum absolute atomic E-state index is 4.77. The summed E-state index contributed by atoms with van der Waals surface area (Å²) in [6.07, 6.45) is 33.1. The Morgan fingerprint density at radius 2 is 0.781 bits per heavy atom. The molecule has 1 atom stereocenters. The maximum Gasteiger partial charge on any atom is 0.0267 e. The fourth-order valence-corrected chi connectivity index (χ4v) is 5.14. The number of hydrogen-bond donors (Lipinski definition) is 1. The first kappa shape index (κ1) is 29.6. The number of benzene rings is 1. The first-order valence-electron chi connectivity index (χ1n) is 14.6. The molecule has 0 nitrogen and oxygen atoms in total. The van der Waals surface area contributed by atoms with Crippen molar-refractivity contribution in [1.29, 1.82) is 0 Å². The van der Waals surface area contributed by atoms with Crippen LogP contribution in [0.5, 0.6) is 0 Å². The van der Waals surface area contributed by atoms with Gasteiger partial charge in [-0.25, -0.2) is 0 Å². The SMILES string of the molecule is CCCCCCCCCCCCCCCCCCCCCCCCC(S)c1ccccc1. The highest BCUT2D eigenvalue weighted by Crippen LogP contribution is 2.26. The van der Waals surface area contributed by atoms with Crippen molar-refractivity contribution in [3.63, 3.8) is 0 Å². The van der Waals surface area contributed by atoms with Gasteiger partial charge < -0.3 is 0 Å². The van der Waals surface area contributed by atoms with Gasteiger partial charge in [-0.05, 0) is 12.0 Å². The Hall–Kier alpha value is -0.430. The summed E-state index contributed by atoms with van der Waals surface area (Å²) in [4.78, 5) is 0. The summed E-state index contributed by atoms with van der Waals surface area (Å²) < 4.78 is 0. The summed E-state index contributed by atoms with van der Waals surface area (Å²) in [6.45, 7) is 2.30. The summed E-state index contributed by atoms with van der Waals surface area (Å²) in [5, 5.41) is 0.418. The number of hydrogen-bond acceptors (Lipinski definition) is 1. The lowest BCUT2D eigenvalue weighted by molar-refractivity contribution is 0.518. The molecular formula is C31H56S. The highest BCUT2D eigenvalue weighted by Gasteiger charge is 2.04. The Morgan fingerprint density at radius 1 is 0.469 bits per heavy atom. The molecule has 0 aliphatic rings. The standard InChI is InChI=1S/C31H56S/c1-2-3-4-5-6-7-8-9-10-11-12-13-14-15-16-17-18-19-20-21-22-26-29-31(32)30-27-24-23-25-28-30/h23-25,27-28,31-32H,2-22,26,29H2,1H3. The lowest BCUT2D eigenvalue weighted by Gasteiger charge is -2.10. The molecule has 0 spiro atoms. The molecule has 1 aromatic carbocycles. The number of rotatable bonds is 24. The van der Waals surface area contributed by atoms with Crippen molar-refractivity contribution >= 4 is 12.6 Å². The Labute approximate surface area is 208 Å². The summed E-state index contributed by atoms with van der Waals surface area (Å²) in [5.41, 5.74) is 1.37. The quantitative estimate of drug-likeness (QED) is 0.115. The highest BCUT2D eigenvalue weighted by molar-refractivity contribution is 7.80. The molecule has 1 unspecified atom stereocenters. The van der Waals surface area contributed by atoms with E-state index in [-0.39, 0.29) is 0 Å². The van der Waals surface area contributed by atoms with Gasteiger partial charge in [0.25, 0.3) is 0 Å². The predicted octanol–water partition coefficient (Wildman–Crippen LogP) is 11.6. The Balaban J connectivity index is 1.69. The van der Waals surface area contributed by atoms with E-state index in [1.807, 2.05) is 0 Å². The second-order valence-electron chi connectivity index (χ2n) is 10.1. The molecule has 1 rings (SSSR count). The molecular weight excluding hydrogens is 404 g/mol. The van der Waals surface area contributed by atoms with Crippen molar-refractivity contribution in [3.8, 4) is 0 Å². The van der Waals surface area contributed by atoms with Crippen LogP contribution in [0.1, 0.15) is 165 Å². The van der Waals surface area contributed by atoms with Crippen molar-refractivity contribution in [2.75, 3.05) is 0 Å². The molecule has 0 bridgehead atoms. The molecule has 1 aromatic rings. The fraction of sp³-hybridized carbons (Fsp3) is 0.806. The molecule has 0 saturated heterocycles. The molecule has 1 heteroatoms. The van der Waals surface area contributed by atoms with E-state index >= 15 is 0 Å². The zero-order valence-electron chi connectivity index (χ0n) is 21.7. The smallest absolute Gasteiger partial charge is 0.0267 e. The second kappa shape index (κ2) is 23.7. The molecule has 186 valence electrons. The third-order valence-electron chi connectivity index (χ3n) is 7.02.